The van der Waals surface area contributed by atoms with Crippen LogP contribution in [0.5, 0.6) is 0 Å². The SMILES string of the molecule is C.C.CC(=O)N1CC[C@@]2(C)C(=CC1=O)CC[C@@H]1[C@@H]2[C@H](C)C=C(C)[C@H]1CCC#N.CC(=O)OC(C)=O.CC1=C[C@@H](O)[C@H]2[C@@H](CCC3=CC(=O)NCC[C@@]32C)[C@@H]1CCC#N. The first-order valence-corrected chi connectivity index (χ1v) is 20.4. The molecule has 320 valence electrons. The molecule has 11 nitrogen and oxygen atoms in total. The minimum Gasteiger partial charge on any atom is -0.394 e. The molecule has 0 unspecified atom stereocenters. The van der Waals surface area contributed by atoms with Crippen molar-refractivity contribution < 1.29 is 33.8 Å². The van der Waals surface area contributed by atoms with Gasteiger partial charge in [0.2, 0.25) is 11.8 Å². The van der Waals surface area contributed by atoms with Gasteiger partial charge in [-0.1, -0.05) is 70.1 Å². The molecule has 0 aromatic rings. The van der Waals surface area contributed by atoms with Crippen LogP contribution in [0.4, 0.5) is 0 Å². The highest BCUT2D eigenvalue weighted by molar-refractivity contribution is 6.01. The van der Waals surface area contributed by atoms with Crippen molar-refractivity contribution in [2.24, 2.45) is 52.3 Å². The molecule has 2 fully saturated rings. The standard InChI is InChI=1S/C22H30N2O2.C19H26N2O2.C4H6O3.2CH4/c1-14-12-15(2)21-19(18(14)6-5-10-23)8-7-17-13-20(26)24(16(3)25)11-9-22(17,21)4;1-12-10-16(22)18-15(14(12)4-3-8-20)6-5-13-11-17(23)21-9-7-19(13,18)2;1-3(5)7-4(2)6;;/h12-13,15,18-19,21H,5-9,11H2,1-4H3;10-11,14-16,18,22H,3-7,9H2,1-2H3,(H,21,23);1-2H3;2*1H4/t15-,18-,19+,21+,22+;14-,15+,16-,18-,19+;;;/m11.../s1. The Labute approximate surface area is 348 Å². The van der Waals surface area contributed by atoms with Crippen LogP contribution in [0.25, 0.3) is 0 Å². The maximum absolute atomic E-state index is 12.5. The summed E-state index contributed by atoms with van der Waals surface area (Å²) in [6, 6.07) is 4.58. The third-order valence-corrected chi connectivity index (χ3v) is 13.9. The van der Waals surface area contributed by atoms with Crippen LogP contribution >= 0.6 is 0 Å². The predicted octanol–water partition coefficient (Wildman–Crippen LogP) is 8.31. The van der Waals surface area contributed by atoms with E-state index >= 15 is 0 Å². The monoisotopic (exact) mass is 803 g/mol. The van der Waals surface area contributed by atoms with Gasteiger partial charge in [-0.05, 0) is 112 Å². The molecule has 2 aliphatic heterocycles. The van der Waals surface area contributed by atoms with Crippen LogP contribution in [0, 0.1) is 74.9 Å². The molecule has 2 heterocycles. The number of nitrogens with one attached hydrogen (secondary N) is 1. The fraction of sp³-hybridized carbons (Fsp3) is 0.681. The van der Waals surface area contributed by atoms with Gasteiger partial charge in [-0.3, -0.25) is 28.9 Å². The zero-order valence-electron chi connectivity index (χ0n) is 34.7. The van der Waals surface area contributed by atoms with Gasteiger partial charge in [0.05, 0.1) is 18.2 Å². The summed E-state index contributed by atoms with van der Waals surface area (Å²) in [6.45, 7) is 16.1. The number of amides is 3. The smallest absolute Gasteiger partial charge is 0.310 e. The van der Waals surface area contributed by atoms with E-state index in [-0.39, 0.29) is 49.3 Å². The number of hydrogen-bond donors (Lipinski definition) is 2. The average Bonchev–Trinajstić information content (AvgIpc) is 3.34. The highest BCUT2D eigenvalue weighted by Crippen LogP contribution is 2.60. The summed E-state index contributed by atoms with van der Waals surface area (Å²) >= 11 is 0. The van der Waals surface area contributed by atoms with Crippen molar-refractivity contribution in [3.8, 4) is 12.1 Å². The number of nitriles is 2. The second-order valence-electron chi connectivity index (χ2n) is 17.3. The molecule has 0 aromatic heterocycles. The Morgan fingerprint density at radius 3 is 1.84 bits per heavy atom. The van der Waals surface area contributed by atoms with Crippen molar-refractivity contribution in [3.05, 3.63) is 46.6 Å². The van der Waals surface area contributed by atoms with Crippen LogP contribution in [0.3, 0.4) is 0 Å². The molecule has 58 heavy (non-hydrogen) atoms. The number of carbonyl (C=O) groups is 5. The molecule has 10 atom stereocenters. The van der Waals surface area contributed by atoms with Gasteiger partial charge in [0.1, 0.15) is 0 Å². The average molecular weight is 803 g/mol. The number of ether oxygens (including phenoxy) is 1. The Kier molecular flexibility index (Phi) is 18.1. The predicted molar refractivity (Wildman–Crippen MR) is 225 cm³/mol. The zero-order chi connectivity index (χ0) is 41.5. The maximum Gasteiger partial charge on any atom is 0.310 e. The van der Waals surface area contributed by atoms with E-state index in [4.69, 9.17) is 10.5 Å². The Hall–Kier alpha value is -4.35. The van der Waals surface area contributed by atoms with Gasteiger partial charge in [-0.2, -0.15) is 10.5 Å². The molecule has 4 aliphatic carbocycles. The van der Waals surface area contributed by atoms with E-state index < -0.39 is 18.0 Å². The number of fused-ring (bicyclic) bond motifs is 6. The Balaban J connectivity index is 0.000000336. The topological polar surface area (TPSA) is 178 Å². The molecule has 0 spiro atoms. The van der Waals surface area contributed by atoms with Crippen molar-refractivity contribution >= 4 is 29.7 Å². The normalized spacial score (nSPS) is 33.3. The van der Waals surface area contributed by atoms with E-state index in [0.717, 1.165) is 51.4 Å². The van der Waals surface area contributed by atoms with Crippen molar-refractivity contribution in [2.75, 3.05) is 13.1 Å². The number of aliphatic hydroxyl groups is 1. The van der Waals surface area contributed by atoms with Crippen LogP contribution in [-0.2, 0) is 28.7 Å². The molecule has 0 bridgehead atoms. The second kappa shape index (κ2) is 21.1. The van der Waals surface area contributed by atoms with E-state index in [2.05, 4.69) is 62.9 Å². The third kappa shape index (κ3) is 10.8. The van der Waals surface area contributed by atoms with Crippen LogP contribution in [0.15, 0.2) is 46.6 Å². The Morgan fingerprint density at radius 2 is 1.34 bits per heavy atom. The van der Waals surface area contributed by atoms with Crippen LogP contribution in [-0.4, -0.2) is 58.9 Å². The first-order chi connectivity index (χ1) is 26.4. The Bertz CT molecular complexity index is 1750. The lowest BCUT2D eigenvalue weighted by atomic mass is 9.50. The fourth-order valence-electron chi connectivity index (χ4n) is 11.6. The maximum atomic E-state index is 12.5. The number of esters is 2. The minimum atomic E-state index is -0.562. The van der Waals surface area contributed by atoms with Crippen molar-refractivity contribution in [1.29, 1.82) is 10.5 Å². The summed E-state index contributed by atoms with van der Waals surface area (Å²) in [5, 5.41) is 31.8. The molecule has 2 N–H and O–H groups in total. The molecule has 0 radical (unpaired) electrons. The Morgan fingerprint density at radius 1 is 0.845 bits per heavy atom. The number of allylic oxidation sites excluding steroid dienone is 5. The van der Waals surface area contributed by atoms with Gasteiger partial charge in [0, 0.05) is 64.8 Å². The van der Waals surface area contributed by atoms with Crippen molar-refractivity contribution in [2.45, 2.75) is 141 Å². The summed E-state index contributed by atoms with van der Waals surface area (Å²) < 4.78 is 3.97. The van der Waals surface area contributed by atoms with Crippen molar-refractivity contribution in [3.63, 3.8) is 0 Å². The van der Waals surface area contributed by atoms with Gasteiger partial charge in [0.15, 0.2) is 0 Å². The summed E-state index contributed by atoms with van der Waals surface area (Å²) in [5.74, 6) is 1.44. The fourth-order valence-corrected chi connectivity index (χ4v) is 11.6. The quantitative estimate of drug-likeness (QED) is 0.161. The van der Waals surface area contributed by atoms with Gasteiger partial charge >= 0.3 is 11.9 Å². The first kappa shape index (κ1) is 49.8. The lowest BCUT2D eigenvalue weighted by Gasteiger charge is -2.54. The minimum absolute atomic E-state index is 0. The lowest BCUT2D eigenvalue weighted by Crippen LogP contribution is -2.50. The molecular weight excluding hydrogens is 733 g/mol. The summed E-state index contributed by atoms with van der Waals surface area (Å²) in [4.78, 5) is 57.3. The molecular formula is C47H70N4O7. The molecule has 2 saturated carbocycles. The number of carbonyl (C=O) groups excluding carboxylic acids is 5. The van der Waals surface area contributed by atoms with E-state index in [9.17, 15) is 29.1 Å². The van der Waals surface area contributed by atoms with Gasteiger partial charge in [0.25, 0.3) is 5.91 Å². The number of aliphatic hydroxyl groups excluding tert-OH is 1. The van der Waals surface area contributed by atoms with E-state index in [0.29, 0.717) is 61.4 Å². The zero-order valence-corrected chi connectivity index (χ0v) is 34.7. The molecule has 6 rings (SSSR count). The number of imide groups is 1. The summed E-state index contributed by atoms with van der Waals surface area (Å²) in [5.41, 5.74) is 4.90. The van der Waals surface area contributed by atoms with Gasteiger partial charge in [-0.15, -0.1) is 0 Å². The molecule has 0 saturated heterocycles. The molecule has 11 heteroatoms. The van der Waals surface area contributed by atoms with Crippen molar-refractivity contribution in [1.82, 2.24) is 10.2 Å². The first-order valence-electron chi connectivity index (χ1n) is 20.4. The van der Waals surface area contributed by atoms with E-state index in [1.807, 2.05) is 6.08 Å². The molecule has 6 aliphatic rings. The van der Waals surface area contributed by atoms with Crippen LogP contribution < -0.4 is 5.32 Å². The molecule has 3 amide bonds. The van der Waals surface area contributed by atoms with Gasteiger partial charge in [-0.25, -0.2) is 0 Å². The highest BCUT2D eigenvalue weighted by atomic mass is 16.6. The number of nitrogens with zero attached hydrogens (tertiary/aromatic N) is 3. The van der Waals surface area contributed by atoms with Crippen LogP contribution in [0.2, 0.25) is 0 Å². The van der Waals surface area contributed by atoms with Gasteiger partial charge < -0.3 is 15.2 Å². The summed E-state index contributed by atoms with van der Waals surface area (Å²) in [6.07, 6.45) is 16.1. The second-order valence-corrected chi connectivity index (χ2v) is 17.3. The van der Waals surface area contributed by atoms with E-state index in [1.54, 1.807) is 12.2 Å². The summed E-state index contributed by atoms with van der Waals surface area (Å²) in [7, 11) is 0. The largest absolute Gasteiger partial charge is 0.394 e. The van der Waals surface area contributed by atoms with Crippen LogP contribution in [0.1, 0.15) is 134 Å². The number of rotatable bonds is 4. The van der Waals surface area contributed by atoms with E-state index in [1.165, 1.54) is 48.0 Å². The molecule has 0 aromatic carbocycles. The highest BCUT2D eigenvalue weighted by Gasteiger charge is 2.53. The number of hydrogen-bond acceptors (Lipinski definition) is 9. The lowest BCUT2D eigenvalue weighted by molar-refractivity contribution is -0.156. The third-order valence-electron chi connectivity index (χ3n) is 13.9.